The second-order valence-electron chi connectivity index (χ2n) is 3.78. The van der Waals surface area contributed by atoms with Crippen LogP contribution in [-0.4, -0.2) is 0 Å². The minimum atomic E-state index is -0.345. The Balaban J connectivity index is 2.32. The highest BCUT2D eigenvalue weighted by Gasteiger charge is 2.09. The minimum absolute atomic E-state index is 0.285. The number of aryl methyl sites for hydroxylation is 1. The molecule has 0 aliphatic carbocycles. The zero-order chi connectivity index (χ0) is 12.3. The van der Waals surface area contributed by atoms with Gasteiger partial charge in [-0.15, -0.1) is 0 Å². The van der Waals surface area contributed by atoms with Crippen molar-refractivity contribution in [2.75, 3.05) is 0 Å². The predicted octanol–water partition coefficient (Wildman–Crippen LogP) is 4.82. The van der Waals surface area contributed by atoms with E-state index < -0.39 is 0 Å². The predicted molar refractivity (Wildman–Crippen MR) is 70.3 cm³/mol. The minimum Gasteiger partial charge on any atom is -0.454 e. The molecule has 0 aliphatic rings. The molecular weight excluding hydrogens is 283 g/mol. The first-order valence-electron chi connectivity index (χ1n) is 5.28. The Morgan fingerprint density at radius 1 is 1.12 bits per heavy atom. The molecule has 0 N–H and O–H groups in total. The van der Waals surface area contributed by atoms with Crippen molar-refractivity contribution in [2.45, 2.75) is 12.3 Å². The van der Waals surface area contributed by atoms with E-state index in [2.05, 4.69) is 15.9 Å². The molecule has 17 heavy (non-hydrogen) atoms. The molecule has 0 aliphatic heterocycles. The molecule has 2 rings (SSSR count). The first-order valence-corrected chi connectivity index (χ1v) is 6.40. The van der Waals surface area contributed by atoms with Gasteiger partial charge in [0.15, 0.2) is 11.6 Å². The fourth-order valence-corrected chi connectivity index (χ4v) is 1.94. The molecule has 2 aromatic carbocycles. The summed E-state index contributed by atoms with van der Waals surface area (Å²) in [5.74, 6) is 0.582. The van der Waals surface area contributed by atoms with Gasteiger partial charge >= 0.3 is 0 Å². The number of benzene rings is 2. The summed E-state index contributed by atoms with van der Waals surface area (Å²) in [5, 5.41) is 0.561. The van der Waals surface area contributed by atoms with Crippen LogP contribution in [0, 0.1) is 12.7 Å². The van der Waals surface area contributed by atoms with Gasteiger partial charge in [0.1, 0.15) is 5.75 Å². The van der Waals surface area contributed by atoms with E-state index in [1.165, 1.54) is 6.07 Å². The van der Waals surface area contributed by atoms with Crippen LogP contribution in [0.25, 0.3) is 0 Å². The van der Waals surface area contributed by atoms with Crippen LogP contribution < -0.4 is 4.74 Å². The van der Waals surface area contributed by atoms with E-state index in [9.17, 15) is 4.39 Å². The number of hydrogen-bond donors (Lipinski definition) is 0. The molecule has 3 heteroatoms. The van der Waals surface area contributed by atoms with Gasteiger partial charge in [0.2, 0.25) is 0 Å². The van der Waals surface area contributed by atoms with Crippen molar-refractivity contribution in [3.63, 3.8) is 0 Å². The monoisotopic (exact) mass is 294 g/mol. The number of alkyl halides is 1. The Morgan fingerprint density at radius 3 is 2.47 bits per heavy atom. The largest absolute Gasteiger partial charge is 0.454 e. The summed E-state index contributed by atoms with van der Waals surface area (Å²) in [5.41, 5.74) is 1.94. The Bertz CT molecular complexity index is 508. The van der Waals surface area contributed by atoms with Crippen LogP contribution in [0.3, 0.4) is 0 Å². The maximum absolute atomic E-state index is 13.7. The van der Waals surface area contributed by atoms with Crippen molar-refractivity contribution in [3.8, 4) is 11.5 Å². The first kappa shape index (κ1) is 12.1. The van der Waals surface area contributed by atoms with E-state index in [1.54, 1.807) is 6.07 Å². The van der Waals surface area contributed by atoms with E-state index in [0.29, 0.717) is 11.1 Å². The lowest BCUT2D eigenvalue weighted by Crippen LogP contribution is -1.93. The van der Waals surface area contributed by atoms with Crippen LogP contribution in [0.4, 0.5) is 4.39 Å². The van der Waals surface area contributed by atoms with Crippen LogP contribution in [0.5, 0.6) is 11.5 Å². The van der Waals surface area contributed by atoms with Gasteiger partial charge in [-0.1, -0.05) is 45.8 Å². The maximum atomic E-state index is 13.7. The third kappa shape index (κ3) is 2.86. The molecule has 0 saturated heterocycles. The van der Waals surface area contributed by atoms with Crippen LogP contribution >= 0.6 is 15.9 Å². The first-order chi connectivity index (χ1) is 8.20. The lowest BCUT2D eigenvalue weighted by atomic mass is 10.2. The van der Waals surface area contributed by atoms with Crippen molar-refractivity contribution in [3.05, 3.63) is 59.4 Å². The second-order valence-corrected chi connectivity index (χ2v) is 4.34. The fourth-order valence-electron chi connectivity index (χ4n) is 1.50. The van der Waals surface area contributed by atoms with Gasteiger partial charge in [0.25, 0.3) is 0 Å². The summed E-state index contributed by atoms with van der Waals surface area (Å²) in [7, 11) is 0. The quantitative estimate of drug-likeness (QED) is 0.737. The van der Waals surface area contributed by atoms with Crippen LogP contribution in [0.2, 0.25) is 0 Å². The average molecular weight is 295 g/mol. The molecule has 2 aromatic rings. The van der Waals surface area contributed by atoms with Crippen molar-refractivity contribution >= 4 is 15.9 Å². The zero-order valence-corrected chi connectivity index (χ0v) is 11.0. The maximum Gasteiger partial charge on any atom is 0.167 e. The lowest BCUT2D eigenvalue weighted by molar-refractivity contribution is 0.438. The summed E-state index contributed by atoms with van der Waals surface area (Å²) in [6, 6.07) is 12.4. The highest BCUT2D eigenvalue weighted by molar-refractivity contribution is 9.08. The molecule has 0 heterocycles. The molecule has 0 amide bonds. The van der Waals surface area contributed by atoms with Crippen molar-refractivity contribution in [1.82, 2.24) is 0 Å². The van der Waals surface area contributed by atoms with E-state index in [-0.39, 0.29) is 11.6 Å². The number of para-hydroxylation sites is 1. The van der Waals surface area contributed by atoms with E-state index in [4.69, 9.17) is 4.74 Å². The molecule has 0 aromatic heterocycles. The molecule has 0 spiro atoms. The zero-order valence-electron chi connectivity index (χ0n) is 9.41. The second kappa shape index (κ2) is 5.32. The molecule has 0 fully saturated rings. The Labute approximate surface area is 108 Å². The number of rotatable bonds is 3. The fraction of sp³-hybridized carbons (Fsp3) is 0.143. The standard InChI is InChI=1S/C14H12BrFO/c1-10-5-7-12(8-6-10)17-14-11(9-15)3-2-4-13(14)16/h2-8H,9H2,1H3. The molecule has 0 saturated carbocycles. The topological polar surface area (TPSA) is 9.23 Å². The van der Waals surface area contributed by atoms with Crippen molar-refractivity contribution in [2.24, 2.45) is 0 Å². The smallest absolute Gasteiger partial charge is 0.167 e. The molecule has 0 radical (unpaired) electrons. The van der Waals surface area contributed by atoms with Crippen LogP contribution in [-0.2, 0) is 5.33 Å². The summed E-state index contributed by atoms with van der Waals surface area (Å²) in [4.78, 5) is 0. The van der Waals surface area contributed by atoms with E-state index in [1.807, 2.05) is 37.3 Å². The summed E-state index contributed by atoms with van der Waals surface area (Å²) in [6.07, 6.45) is 0. The third-order valence-corrected chi connectivity index (χ3v) is 3.04. The highest BCUT2D eigenvalue weighted by atomic mass is 79.9. The number of hydrogen-bond acceptors (Lipinski definition) is 1. The van der Waals surface area contributed by atoms with E-state index >= 15 is 0 Å². The van der Waals surface area contributed by atoms with Crippen molar-refractivity contribution < 1.29 is 9.13 Å². The van der Waals surface area contributed by atoms with Gasteiger partial charge in [-0.05, 0) is 25.1 Å². The van der Waals surface area contributed by atoms with Gasteiger partial charge in [0, 0.05) is 10.9 Å². The average Bonchev–Trinajstić information content (AvgIpc) is 2.34. The third-order valence-electron chi connectivity index (χ3n) is 2.43. The van der Waals surface area contributed by atoms with Crippen molar-refractivity contribution in [1.29, 1.82) is 0 Å². The summed E-state index contributed by atoms with van der Waals surface area (Å²) >= 11 is 3.32. The normalized spacial score (nSPS) is 10.3. The van der Waals surface area contributed by atoms with Crippen LogP contribution in [0.15, 0.2) is 42.5 Å². The van der Waals surface area contributed by atoms with E-state index in [0.717, 1.165) is 11.1 Å². The molecule has 1 nitrogen and oxygen atoms in total. The molecular formula is C14H12BrFO. The molecule has 88 valence electrons. The summed E-state index contributed by atoms with van der Waals surface area (Å²) < 4.78 is 19.2. The van der Waals surface area contributed by atoms with Gasteiger partial charge in [-0.25, -0.2) is 4.39 Å². The van der Waals surface area contributed by atoms with Gasteiger partial charge in [-0.3, -0.25) is 0 Å². The number of ether oxygens (including phenoxy) is 1. The molecule has 0 bridgehead atoms. The van der Waals surface area contributed by atoms with Crippen LogP contribution in [0.1, 0.15) is 11.1 Å². The highest BCUT2D eigenvalue weighted by Crippen LogP contribution is 2.29. The Morgan fingerprint density at radius 2 is 1.82 bits per heavy atom. The summed E-state index contributed by atoms with van der Waals surface area (Å²) in [6.45, 7) is 2.00. The Kier molecular flexibility index (Phi) is 3.79. The van der Waals surface area contributed by atoms with Gasteiger partial charge in [0.05, 0.1) is 0 Å². The lowest BCUT2D eigenvalue weighted by Gasteiger charge is -2.10. The number of halogens is 2. The molecule has 0 unspecified atom stereocenters. The molecule has 0 atom stereocenters. The van der Waals surface area contributed by atoms with Gasteiger partial charge in [-0.2, -0.15) is 0 Å². The Hall–Kier alpha value is -1.35. The SMILES string of the molecule is Cc1ccc(Oc2c(F)cccc2CBr)cc1. The van der Waals surface area contributed by atoms with Gasteiger partial charge < -0.3 is 4.74 Å².